The number of H-pyrrole nitrogens is 1. The molecule has 1 atom stereocenters. The minimum atomic E-state index is -0.961. The molecular weight excluding hydrogens is 412 g/mol. The standard InChI is InChI=1S/C28H28N2O3/c1-2-3-19-26(30-21-20-25(31)29-27(30)32)33-28(22-13-7-4-8-14-22,23-15-9-5-10-16-23)24-17-11-6-12-18-24/h4-18,20-21,26H,2-3,19H2,1H3,(H,29,31,32). The maximum atomic E-state index is 12.8. The van der Waals surface area contributed by atoms with E-state index in [0.29, 0.717) is 6.42 Å². The maximum absolute atomic E-state index is 12.8. The van der Waals surface area contributed by atoms with Crippen LogP contribution in [0.2, 0.25) is 0 Å². The van der Waals surface area contributed by atoms with E-state index >= 15 is 0 Å². The Kier molecular flexibility index (Phi) is 7.01. The summed E-state index contributed by atoms with van der Waals surface area (Å²) in [5, 5.41) is 0. The Morgan fingerprint density at radius 3 is 1.70 bits per heavy atom. The third-order valence-corrected chi connectivity index (χ3v) is 5.82. The predicted molar refractivity (Wildman–Crippen MR) is 130 cm³/mol. The molecule has 1 unspecified atom stereocenters. The molecule has 1 aromatic heterocycles. The fourth-order valence-corrected chi connectivity index (χ4v) is 4.21. The molecule has 0 saturated carbocycles. The lowest BCUT2D eigenvalue weighted by Crippen LogP contribution is -2.39. The number of hydrogen-bond acceptors (Lipinski definition) is 3. The third-order valence-electron chi connectivity index (χ3n) is 5.82. The summed E-state index contributed by atoms with van der Waals surface area (Å²) in [6.45, 7) is 2.10. The Balaban J connectivity index is 1.96. The van der Waals surface area contributed by atoms with E-state index in [-0.39, 0.29) is 0 Å². The van der Waals surface area contributed by atoms with Crippen LogP contribution in [0.15, 0.2) is 113 Å². The van der Waals surface area contributed by atoms with E-state index in [0.717, 1.165) is 29.5 Å². The molecule has 4 aromatic rings. The normalized spacial score (nSPS) is 12.4. The van der Waals surface area contributed by atoms with Gasteiger partial charge in [-0.2, -0.15) is 0 Å². The van der Waals surface area contributed by atoms with Crippen LogP contribution in [0.5, 0.6) is 0 Å². The molecule has 1 N–H and O–H groups in total. The molecule has 4 rings (SSSR count). The number of aromatic amines is 1. The highest BCUT2D eigenvalue weighted by Crippen LogP contribution is 2.43. The van der Waals surface area contributed by atoms with Crippen molar-refractivity contribution in [3.63, 3.8) is 0 Å². The van der Waals surface area contributed by atoms with Gasteiger partial charge in [0, 0.05) is 12.3 Å². The Labute approximate surface area is 193 Å². The van der Waals surface area contributed by atoms with Crippen molar-refractivity contribution < 1.29 is 4.74 Å². The summed E-state index contributed by atoms with van der Waals surface area (Å²) in [7, 11) is 0. The van der Waals surface area contributed by atoms with Crippen molar-refractivity contribution in [2.75, 3.05) is 0 Å². The molecule has 0 fully saturated rings. The first kappa shape index (κ1) is 22.5. The van der Waals surface area contributed by atoms with Crippen LogP contribution in [-0.2, 0) is 10.3 Å². The molecule has 0 amide bonds. The lowest BCUT2D eigenvalue weighted by molar-refractivity contribution is -0.0929. The number of ether oxygens (including phenoxy) is 1. The highest BCUT2D eigenvalue weighted by molar-refractivity contribution is 5.47. The van der Waals surface area contributed by atoms with Crippen molar-refractivity contribution in [1.82, 2.24) is 9.55 Å². The number of hydrogen-bond donors (Lipinski definition) is 1. The van der Waals surface area contributed by atoms with Gasteiger partial charge in [0.15, 0.2) is 0 Å². The molecule has 5 heteroatoms. The van der Waals surface area contributed by atoms with Crippen LogP contribution in [-0.4, -0.2) is 9.55 Å². The van der Waals surface area contributed by atoms with Crippen LogP contribution in [0.1, 0.15) is 49.1 Å². The molecule has 0 spiro atoms. The van der Waals surface area contributed by atoms with E-state index in [9.17, 15) is 9.59 Å². The zero-order chi connectivity index (χ0) is 23.1. The molecule has 0 aliphatic heterocycles. The summed E-state index contributed by atoms with van der Waals surface area (Å²) in [4.78, 5) is 26.9. The summed E-state index contributed by atoms with van der Waals surface area (Å²) in [6.07, 6.45) is 3.37. The van der Waals surface area contributed by atoms with Gasteiger partial charge in [0.1, 0.15) is 11.8 Å². The molecule has 5 nitrogen and oxygen atoms in total. The number of rotatable bonds is 9. The monoisotopic (exact) mass is 440 g/mol. The molecule has 168 valence electrons. The predicted octanol–water partition coefficient (Wildman–Crippen LogP) is 5.23. The van der Waals surface area contributed by atoms with Crippen LogP contribution in [0, 0.1) is 0 Å². The number of benzene rings is 3. The van der Waals surface area contributed by atoms with Gasteiger partial charge in [0.05, 0.1) is 0 Å². The quantitative estimate of drug-likeness (QED) is 0.362. The van der Waals surface area contributed by atoms with Gasteiger partial charge in [0.25, 0.3) is 5.56 Å². The minimum absolute atomic E-state index is 0.425. The summed E-state index contributed by atoms with van der Waals surface area (Å²) in [5.41, 5.74) is 1.01. The molecule has 1 heterocycles. The number of nitrogens with zero attached hydrogens (tertiary/aromatic N) is 1. The average molecular weight is 441 g/mol. The van der Waals surface area contributed by atoms with E-state index in [1.54, 1.807) is 0 Å². The Hall–Kier alpha value is -3.70. The van der Waals surface area contributed by atoms with Crippen LogP contribution >= 0.6 is 0 Å². The molecule has 3 aromatic carbocycles. The first-order valence-corrected chi connectivity index (χ1v) is 11.3. The van der Waals surface area contributed by atoms with Gasteiger partial charge in [-0.3, -0.25) is 14.3 Å². The lowest BCUT2D eigenvalue weighted by atomic mass is 9.80. The van der Waals surface area contributed by atoms with E-state index in [1.165, 1.54) is 16.8 Å². The van der Waals surface area contributed by atoms with E-state index in [1.807, 2.05) is 91.0 Å². The van der Waals surface area contributed by atoms with Gasteiger partial charge >= 0.3 is 5.69 Å². The highest BCUT2D eigenvalue weighted by atomic mass is 16.5. The molecule has 0 aliphatic carbocycles. The summed E-state index contributed by atoms with van der Waals surface area (Å²) in [5.74, 6) is 0. The zero-order valence-electron chi connectivity index (χ0n) is 18.7. The molecular formula is C28H28N2O3. The summed E-state index contributed by atoms with van der Waals surface area (Å²) in [6, 6.07) is 31.5. The molecule has 0 aliphatic rings. The second kappa shape index (κ2) is 10.3. The number of aromatic nitrogens is 2. The van der Waals surface area contributed by atoms with E-state index in [2.05, 4.69) is 11.9 Å². The highest BCUT2D eigenvalue weighted by Gasteiger charge is 2.40. The van der Waals surface area contributed by atoms with Crippen LogP contribution in [0.4, 0.5) is 0 Å². The Bertz CT molecular complexity index is 1170. The van der Waals surface area contributed by atoms with Gasteiger partial charge in [0.2, 0.25) is 0 Å². The zero-order valence-corrected chi connectivity index (χ0v) is 18.7. The number of nitrogens with one attached hydrogen (secondary N) is 1. The van der Waals surface area contributed by atoms with E-state index in [4.69, 9.17) is 4.74 Å². The Morgan fingerprint density at radius 1 is 0.788 bits per heavy atom. The fraction of sp³-hybridized carbons (Fsp3) is 0.214. The first-order valence-electron chi connectivity index (χ1n) is 11.3. The van der Waals surface area contributed by atoms with Gasteiger partial charge in [-0.15, -0.1) is 0 Å². The smallest absolute Gasteiger partial charge is 0.330 e. The molecule has 33 heavy (non-hydrogen) atoms. The average Bonchev–Trinajstić information content (AvgIpc) is 2.86. The van der Waals surface area contributed by atoms with E-state index < -0.39 is 23.1 Å². The number of unbranched alkanes of at least 4 members (excludes halogenated alkanes) is 1. The Morgan fingerprint density at radius 2 is 1.27 bits per heavy atom. The van der Waals surface area contributed by atoms with Crippen molar-refractivity contribution in [2.45, 2.75) is 38.0 Å². The topological polar surface area (TPSA) is 64.1 Å². The van der Waals surface area contributed by atoms with Gasteiger partial charge in [-0.1, -0.05) is 104 Å². The van der Waals surface area contributed by atoms with Crippen LogP contribution < -0.4 is 11.2 Å². The third kappa shape index (κ3) is 4.73. The maximum Gasteiger partial charge on any atom is 0.330 e. The van der Waals surface area contributed by atoms with Crippen molar-refractivity contribution in [2.24, 2.45) is 0 Å². The van der Waals surface area contributed by atoms with Crippen LogP contribution in [0.25, 0.3) is 0 Å². The van der Waals surface area contributed by atoms with Crippen molar-refractivity contribution >= 4 is 0 Å². The SMILES string of the molecule is CCCCC(OC(c1ccccc1)(c1ccccc1)c1ccccc1)n1ccc(=O)[nH]c1=O. The van der Waals surface area contributed by atoms with Crippen LogP contribution in [0.3, 0.4) is 0 Å². The van der Waals surface area contributed by atoms with Gasteiger partial charge in [-0.25, -0.2) is 4.79 Å². The minimum Gasteiger partial charge on any atom is -0.337 e. The lowest BCUT2D eigenvalue weighted by Gasteiger charge is -2.39. The summed E-state index contributed by atoms with van der Waals surface area (Å²) >= 11 is 0. The van der Waals surface area contributed by atoms with Crippen molar-refractivity contribution in [3.05, 3.63) is 141 Å². The van der Waals surface area contributed by atoms with Gasteiger partial charge < -0.3 is 4.74 Å². The fourth-order valence-electron chi connectivity index (χ4n) is 4.21. The second-order valence-corrected chi connectivity index (χ2v) is 8.01. The first-order chi connectivity index (χ1) is 16.1. The van der Waals surface area contributed by atoms with Gasteiger partial charge in [-0.05, 0) is 29.5 Å². The molecule has 0 bridgehead atoms. The molecule has 0 saturated heterocycles. The van der Waals surface area contributed by atoms with Crippen molar-refractivity contribution in [3.8, 4) is 0 Å². The molecule has 0 radical (unpaired) electrons. The summed E-state index contributed by atoms with van der Waals surface area (Å²) < 4.78 is 8.53. The largest absolute Gasteiger partial charge is 0.337 e. The van der Waals surface area contributed by atoms with Crippen molar-refractivity contribution in [1.29, 1.82) is 0 Å². The second-order valence-electron chi connectivity index (χ2n) is 8.01.